The van der Waals surface area contributed by atoms with E-state index in [9.17, 15) is 4.79 Å². The Morgan fingerprint density at radius 1 is 1.18 bits per heavy atom. The zero-order chi connectivity index (χ0) is 20.4. The largest absolute Gasteiger partial charge is 0.335 e. The van der Waals surface area contributed by atoms with Crippen molar-refractivity contribution in [2.45, 2.75) is 31.2 Å². The average molecular weight is 436 g/mol. The number of aromatic nitrogens is 3. The van der Waals surface area contributed by atoms with E-state index in [2.05, 4.69) is 15.5 Å². The van der Waals surface area contributed by atoms with Gasteiger partial charge in [-0.2, -0.15) is 0 Å². The van der Waals surface area contributed by atoms with Crippen molar-refractivity contribution in [2.24, 2.45) is 0 Å². The molecule has 3 aromatic rings. The Bertz CT molecular complexity index is 1040. The zero-order valence-corrected chi connectivity index (χ0v) is 17.9. The molecule has 3 N–H and O–H groups in total. The van der Waals surface area contributed by atoms with Crippen molar-refractivity contribution in [1.29, 1.82) is 0 Å². The Morgan fingerprint density at radius 3 is 2.64 bits per heavy atom. The molecule has 0 aliphatic rings. The molecular formula is C19H19Cl2N5OS. The molecule has 1 heterocycles. The Balaban J connectivity index is 1.75. The van der Waals surface area contributed by atoms with E-state index in [1.807, 2.05) is 32.0 Å². The van der Waals surface area contributed by atoms with Crippen LogP contribution in [0.5, 0.6) is 0 Å². The molecular weight excluding hydrogens is 417 g/mol. The van der Waals surface area contributed by atoms with Crippen LogP contribution in [-0.4, -0.2) is 26.0 Å². The lowest BCUT2D eigenvalue weighted by Gasteiger charge is -2.13. The number of thioether (sulfide) groups is 1. The number of benzene rings is 2. The normalized spacial score (nSPS) is 12.0. The first-order valence-electron chi connectivity index (χ1n) is 8.47. The van der Waals surface area contributed by atoms with E-state index in [1.54, 1.807) is 25.1 Å². The molecule has 6 nitrogen and oxygen atoms in total. The Morgan fingerprint density at radius 2 is 1.93 bits per heavy atom. The van der Waals surface area contributed by atoms with E-state index >= 15 is 0 Å². The number of nitrogens with two attached hydrogens (primary N) is 1. The van der Waals surface area contributed by atoms with E-state index < -0.39 is 5.25 Å². The van der Waals surface area contributed by atoms with Crippen LogP contribution in [0.2, 0.25) is 10.0 Å². The quantitative estimate of drug-likeness (QED) is 0.447. The molecule has 1 atom stereocenters. The standard InChI is InChI=1S/C19H19Cl2N5OS/c1-10-4-5-11(2)16(8-10)23-18(27)12(3)28-19-25-24-17(26(19)22)14-7-6-13(20)9-15(14)21/h4-9,12H,22H2,1-3H3,(H,23,27). The van der Waals surface area contributed by atoms with E-state index in [-0.39, 0.29) is 5.91 Å². The van der Waals surface area contributed by atoms with Crippen molar-refractivity contribution in [3.05, 3.63) is 57.6 Å². The Hall–Kier alpha value is -2.22. The fraction of sp³-hybridized carbons (Fsp3) is 0.211. The molecule has 9 heteroatoms. The number of nitrogens with zero attached hydrogens (tertiary/aromatic N) is 3. The van der Waals surface area contributed by atoms with Gasteiger partial charge in [-0.25, -0.2) is 4.68 Å². The van der Waals surface area contributed by atoms with Gasteiger partial charge in [-0.3, -0.25) is 4.79 Å². The summed E-state index contributed by atoms with van der Waals surface area (Å²) in [4.78, 5) is 12.6. The average Bonchev–Trinajstić information content (AvgIpc) is 2.98. The van der Waals surface area contributed by atoms with Gasteiger partial charge in [0.1, 0.15) is 0 Å². The van der Waals surface area contributed by atoms with Crippen LogP contribution in [0.1, 0.15) is 18.1 Å². The van der Waals surface area contributed by atoms with Crippen molar-refractivity contribution in [1.82, 2.24) is 14.9 Å². The van der Waals surface area contributed by atoms with Gasteiger partial charge >= 0.3 is 0 Å². The highest BCUT2D eigenvalue weighted by molar-refractivity contribution is 8.00. The maximum Gasteiger partial charge on any atom is 0.237 e. The van der Waals surface area contributed by atoms with Crippen molar-refractivity contribution < 1.29 is 4.79 Å². The van der Waals surface area contributed by atoms with Crippen LogP contribution in [0, 0.1) is 13.8 Å². The number of halogens is 2. The second-order valence-electron chi connectivity index (χ2n) is 6.37. The van der Waals surface area contributed by atoms with Crippen molar-refractivity contribution in [2.75, 3.05) is 11.2 Å². The maximum absolute atomic E-state index is 12.6. The monoisotopic (exact) mass is 435 g/mol. The summed E-state index contributed by atoms with van der Waals surface area (Å²) in [6.45, 7) is 5.72. The highest BCUT2D eigenvalue weighted by atomic mass is 35.5. The third kappa shape index (κ3) is 4.43. The molecule has 0 bridgehead atoms. The Labute approximate surface area is 177 Å². The first-order valence-corrected chi connectivity index (χ1v) is 10.1. The fourth-order valence-corrected chi connectivity index (χ4v) is 3.79. The minimum Gasteiger partial charge on any atom is -0.335 e. The SMILES string of the molecule is Cc1ccc(C)c(NC(=O)C(C)Sc2nnc(-c3ccc(Cl)cc3Cl)n2N)c1. The van der Waals surface area contributed by atoms with Crippen molar-refractivity contribution in [3.63, 3.8) is 0 Å². The number of carbonyl (C=O) groups excluding carboxylic acids is 1. The van der Waals surface area contributed by atoms with Crippen LogP contribution in [0.4, 0.5) is 5.69 Å². The molecule has 1 unspecified atom stereocenters. The lowest BCUT2D eigenvalue weighted by atomic mass is 10.1. The van der Waals surface area contributed by atoms with Gasteiger partial charge in [-0.05, 0) is 56.2 Å². The molecule has 0 saturated heterocycles. The molecule has 0 saturated carbocycles. The molecule has 2 aromatic carbocycles. The van der Waals surface area contributed by atoms with Gasteiger partial charge in [0.05, 0.1) is 10.3 Å². The number of hydrogen-bond acceptors (Lipinski definition) is 5. The highest BCUT2D eigenvalue weighted by Gasteiger charge is 2.21. The molecule has 1 amide bonds. The van der Waals surface area contributed by atoms with E-state index in [1.165, 1.54) is 16.4 Å². The topological polar surface area (TPSA) is 85.8 Å². The van der Waals surface area contributed by atoms with Crippen LogP contribution in [-0.2, 0) is 4.79 Å². The zero-order valence-electron chi connectivity index (χ0n) is 15.5. The number of nitrogens with one attached hydrogen (secondary N) is 1. The van der Waals surface area contributed by atoms with Crippen LogP contribution in [0.15, 0.2) is 41.6 Å². The van der Waals surface area contributed by atoms with Gasteiger partial charge < -0.3 is 11.2 Å². The minimum atomic E-state index is -0.431. The summed E-state index contributed by atoms with van der Waals surface area (Å²) in [5.74, 6) is 6.38. The number of rotatable bonds is 5. The van der Waals surface area contributed by atoms with E-state index in [0.29, 0.717) is 26.6 Å². The molecule has 1 aromatic heterocycles. The van der Waals surface area contributed by atoms with Crippen molar-refractivity contribution in [3.8, 4) is 11.4 Å². The second-order valence-corrected chi connectivity index (χ2v) is 8.52. The summed E-state index contributed by atoms with van der Waals surface area (Å²) in [7, 11) is 0. The summed E-state index contributed by atoms with van der Waals surface area (Å²) < 4.78 is 1.32. The van der Waals surface area contributed by atoms with Gasteiger partial charge in [0.25, 0.3) is 0 Å². The first kappa shape index (κ1) is 20.5. The molecule has 3 rings (SSSR count). The first-order chi connectivity index (χ1) is 13.3. The van der Waals surface area contributed by atoms with Gasteiger partial charge in [-0.15, -0.1) is 10.2 Å². The fourth-order valence-electron chi connectivity index (χ4n) is 2.53. The van der Waals surface area contributed by atoms with E-state index in [0.717, 1.165) is 16.8 Å². The highest BCUT2D eigenvalue weighted by Crippen LogP contribution is 2.31. The molecule has 0 aliphatic heterocycles. The summed E-state index contributed by atoms with van der Waals surface area (Å²) in [6, 6.07) is 11.0. The number of carbonyl (C=O) groups is 1. The number of amides is 1. The summed E-state index contributed by atoms with van der Waals surface area (Å²) >= 11 is 13.4. The number of anilines is 1. The lowest BCUT2D eigenvalue weighted by Crippen LogP contribution is -2.24. The number of aryl methyl sites for hydroxylation is 2. The third-order valence-corrected chi connectivity index (χ3v) is 5.74. The Kier molecular flexibility index (Phi) is 6.17. The lowest BCUT2D eigenvalue weighted by molar-refractivity contribution is -0.115. The van der Waals surface area contributed by atoms with E-state index in [4.69, 9.17) is 29.0 Å². The third-order valence-electron chi connectivity index (χ3n) is 4.14. The predicted octanol–water partition coefficient (Wildman–Crippen LogP) is 4.70. The molecule has 146 valence electrons. The van der Waals surface area contributed by atoms with Crippen LogP contribution in [0.25, 0.3) is 11.4 Å². The summed E-state index contributed by atoms with van der Waals surface area (Å²) in [5.41, 5.74) is 3.48. The second kappa shape index (κ2) is 8.43. The van der Waals surface area contributed by atoms with Crippen LogP contribution in [0.3, 0.4) is 0 Å². The van der Waals surface area contributed by atoms with Gasteiger partial charge in [0.2, 0.25) is 11.1 Å². The van der Waals surface area contributed by atoms with Crippen LogP contribution >= 0.6 is 35.0 Å². The summed E-state index contributed by atoms with van der Waals surface area (Å²) in [5, 5.41) is 12.1. The van der Waals surface area contributed by atoms with Gasteiger partial charge in [-0.1, -0.05) is 47.1 Å². The molecule has 0 aliphatic carbocycles. The predicted molar refractivity (Wildman–Crippen MR) is 115 cm³/mol. The van der Waals surface area contributed by atoms with Crippen LogP contribution < -0.4 is 11.2 Å². The van der Waals surface area contributed by atoms with Gasteiger partial charge in [0.15, 0.2) is 5.82 Å². The van der Waals surface area contributed by atoms with Gasteiger partial charge in [0, 0.05) is 16.3 Å². The number of hydrogen-bond donors (Lipinski definition) is 2. The maximum atomic E-state index is 12.6. The number of nitrogen functional groups attached to an aromatic ring is 1. The molecule has 0 fully saturated rings. The molecule has 28 heavy (non-hydrogen) atoms. The summed E-state index contributed by atoms with van der Waals surface area (Å²) in [6.07, 6.45) is 0. The van der Waals surface area contributed by atoms with Crippen molar-refractivity contribution >= 4 is 46.6 Å². The minimum absolute atomic E-state index is 0.146. The smallest absolute Gasteiger partial charge is 0.237 e. The molecule has 0 radical (unpaired) electrons. The molecule has 0 spiro atoms.